The van der Waals surface area contributed by atoms with Crippen LogP contribution < -0.4 is 10.6 Å². The number of para-hydroxylation sites is 2. The number of fused-ring (bicyclic) bond motifs is 2. The number of hydrogen-bond donors (Lipinski definition) is 2. The number of anilines is 3. The van der Waals surface area contributed by atoms with Gasteiger partial charge in [0, 0.05) is 28.6 Å². The van der Waals surface area contributed by atoms with Crippen LogP contribution in [0.4, 0.5) is 17.1 Å². The van der Waals surface area contributed by atoms with Gasteiger partial charge in [0.05, 0.1) is 16.7 Å². The molecular weight excluding hydrogens is 358 g/mol. The van der Waals surface area contributed by atoms with Crippen LogP contribution in [0.2, 0.25) is 0 Å². The molecule has 29 heavy (non-hydrogen) atoms. The quantitative estimate of drug-likeness (QED) is 0.277. The number of aromatic nitrogens is 1. The highest BCUT2D eigenvalue weighted by atomic mass is 16.1. The van der Waals surface area contributed by atoms with Crippen molar-refractivity contribution in [1.29, 1.82) is 0 Å². The Kier molecular flexibility index (Phi) is 5.71. The molecule has 3 aromatic carbocycles. The minimum Gasteiger partial charge on any atom is -0.354 e. The van der Waals surface area contributed by atoms with Crippen LogP contribution in [0.5, 0.6) is 0 Å². The van der Waals surface area contributed by atoms with Gasteiger partial charge in [0.15, 0.2) is 0 Å². The summed E-state index contributed by atoms with van der Waals surface area (Å²) in [5.74, 6) is 0.0743. The average Bonchev–Trinajstić information content (AvgIpc) is 2.75. The third-order valence-electron chi connectivity index (χ3n) is 5.03. The Morgan fingerprint density at radius 1 is 0.793 bits per heavy atom. The second-order valence-corrected chi connectivity index (χ2v) is 7.23. The van der Waals surface area contributed by atoms with Crippen LogP contribution >= 0.6 is 0 Å². The van der Waals surface area contributed by atoms with E-state index in [1.807, 2.05) is 60.7 Å². The molecule has 0 spiro atoms. The molecule has 146 valence electrons. The summed E-state index contributed by atoms with van der Waals surface area (Å²) < 4.78 is 0. The van der Waals surface area contributed by atoms with Gasteiger partial charge >= 0.3 is 0 Å². The Hall–Kier alpha value is -3.40. The minimum atomic E-state index is 0.0743. The molecule has 2 N–H and O–H groups in total. The van der Waals surface area contributed by atoms with E-state index in [9.17, 15) is 4.79 Å². The zero-order valence-electron chi connectivity index (χ0n) is 16.6. The first-order chi connectivity index (χ1) is 14.2. The van der Waals surface area contributed by atoms with Gasteiger partial charge in [0.2, 0.25) is 5.91 Å². The molecule has 0 unspecified atom stereocenters. The molecule has 4 nitrogen and oxygen atoms in total. The van der Waals surface area contributed by atoms with Crippen LogP contribution in [0, 0.1) is 0 Å². The van der Waals surface area contributed by atoms with E-state index >= 15 is 0 Å². The van der Waals surface area contributed by atoms with Gasteiger partial charge in [0.1, 0.15) is 0 Å². The number of nitrogens with zero attached hydrogens (tertiary/aromatic N) is 1. The predicted molar refractivity (Wildman–Crippen MR) is 122 cm³/mol. The fourth-order valence-corrected chi connectivity index (χ4v) is 3.51. The number of carbonyl (C=O) groups is 1. The summed E-state index contributed by atoms with van der Waals surface area (Å²) in [4.78, 5) is 16.8. The predicted octanol–water partition coefficient (Wildman–Crippen LogP) is 6.65. The third-order valence-corrected chi connectivity index (χ3v) is 5.03. The molecule has 0 saturated heterocycles. The highest BCUT2D eigenvalue weighted by Crippen LogP contribution is 2.33. The summed E-state index contributed by atoms with van der Waals surface area (Å²) in [7, 11) is 0. The monoisotopic (exact) mass is 383 g/mol. The molecule has 1 aromatic heterocycles. The number of unbranched alkanes of at least 4 members (excludes halogenated alkanes) is 2. The largest absolute Gasteiger partial charge is 0.354 e. The van der Waals surface area contributed by atoms with Crippen LogP contribution in [-0.2, 0) is 4.79 Å². The first kappa shape index (κ1) is 18.9. The molecule has 0 aliphatic carbocycles. The summed E-state index contributed by atoms with van der Waals surface area (Å²) in [6.45, 7) is 2.14. The van der Waals surface area contributed by atoms with E-state index in [2.05, 4.69) is 29.7 Å². The summed E-state index contributed by atoms with van der Waals surface area (Å²) in [6.07, 6.45) is 3.71. The summed E-state index contributed by atoms with van der Waals surface area (Å²) in [5, 5.41) is 8.70. The molecule has 0 bridgehead atoms. The fourth-order valence-electron chi connectivity index (χ4n) is 3.51. The van der Waals surface area contributed by atoms with Crippen molar-refractivity contribution < 1.29 is 4.79 Å². The lowest BCUT2D eigenvalue weighted by atomic mass is 10.1. The van der Waals surface area contributed by atoms with Crippen molar-refractivity contribution >= 4 is 44.8 Å². The van der Waals surface area contributed by atoms with Gasteiger partial charge in [-0.05, 0) is 42.8 Å². The number of rotatable bonds is 7. The Labute approximate surface area is 171 Å². The molecule has 0 radical (unpaired) electrons. The molecule has 4 aromatic rings. The van der Waals surface area contributed by atoms with Crippen LogP contribution in [0.3, 0.4) is 0 Å². The molecule has 0 fully saturated rings. The number of pyridine rings is 1. The molecule has 0 aliphatic rings. The Morgan fingerprint density at radius 3 is 2.00 bits per heavy atom. The maximum absolute atomic E-state index is 12.0. The van der Waals surface area contributed by atoms with Gasteiger partial charge in [-0.2, -0.15) is 0 Å². The SMILES string of the molecule is CCCCCC(=O)Nc1ccc(Nc2c3ccccc3nc3ccccc23)cc1. The first-order valence-corrected chi connectivity index (χ1v) is 10.2. The molecule has 1 heterocycles. The van der Waals surface area contributed by atoms with Gasteiger partial charge in [0.25, 0.3) is 0 Å². The molecule has 4 heteroatoms. The van der Waals surface area contributed by atoms with Crippen LogP contribution in [0.15, 0.2) is 72.8 Å². The molecule has 0 aliphatic heterocycles. The van der Waals surface area contributed by atoms with E-state index in [1.165, 1.54) is 0 Å². The lowest BCUT2D eigenvalue weighted by Gasteiger charge is -2.14. The molecular formula is C25H25N3O. The average molecular weight is 383 g/mol. The van der Waals surface area contributed by atoms with Crippen LogP contribution in [-0.4, -0.2) is 10.9 Å². The van der Waals surface area contributed by atoms with Crippen molar-refractivity contribution in [3.63, 3.8) is 0 Å². The highest BCUT2D eigenvalue weighted by Gasteiger charge is 2.09. The number of nitrogens with one attached hydrogen (secondary N) is 2. The van der Waals surface area contributed by atoms with Gasteiger partial charge in [-0.15, -0.1) is 0 Å². The van der Waals surface area contributed by atoms with Gasteiger partial charge in [-0.25, -0.2) is 4.98 Å². The summed E-state index contributed by atoms with van der Waals surface area (Å²) >= 11 is 0. The van der Waals surface area contributed by atoms with Crippen molar-refractivity contribution in [2.24, 2.45) is 0 Å². The maximum Gasteiger partial charge on any atom is 0.224 e. The second-order valence-electron chi connectivity index (χ2n) is 7.23. The van der Waals surface area contributed by atoms with E-state index in [-0.39, 0.29) is 5.91 Å². The third kappa shape index (κ3) is 4.37. The lowest BCUT2D eigenvalue weighted by Crippen LogP contribution is -2.10. The van der Waals surface area contributed by atoms with Crippen LogP contribution in [0.1, 0.15) is 32.6 Å². The Bertz CT molecular complexity index is 1080. The summed E-state index contributed by atoms with van der Waals surface area (Å²) in [5.41, 5.74) is 4.76. The lowest BCUT2D eigenvalue weighted by molar-refractivity contribution is -0.116. The van der Waals surface area contributed by atoms with Crippen LogP contribution in [0.25, 0.3) is 21.8 Å². The van der Waals surface area contributed by atoms with E-state index in [1.54, 1.807) is 0 Å². The molecule has 1 amide bonds. The first-order valence-electron chi connectivity index (χ1n) is 10.2. The van der Waals surface area contributed by atoms with E-state index < -0.39 is 0 Å². The standard InChI is InChI=1S/C25H25N3O/c1-2-3-4-13-24(29)26-18-14-16-19(17-15-18)27-25-20-9-5-7-11-22(20)28-23-12-8-6-10-21(23)25/h5-12,14-17H,2-4,13H2,1H3,(H,26,29)(H,27,28). The number of benzene rings is 3. The fraction of sp³-hybridized carbons (Fsp3) is 0.200. The minimum absolute atomic E-state index is 0.0743. The topological polar surface area (TPSA) is 54.0 Å². The van der Waals surface area contributed by atoms with E-state index in [0.29, 0.717) is 6.42 Å². The zero-order chi connectivity index (χ0) is 20.1. The van der Waals surface area contributed by atoms with Gasteiger partial charge < -0.3 is 10.6 Å². The highest BCUT2D eigenvalue weighted by molar-refractivity contribution is 6.08. The Balaban J connectivity index is 1.57. The Morgan fingerprint density at radius 2 is 1.38 bits per heavy atom. The van der Waals surface area contributed by atoms with Gasteiger partial charge in [-0.1, -0.05) is 56.2 Å². The normalized spacial score (nSPS) is 10.9. The van der Waals surface area contributed by atoms with Crippen molar-refractivity contribution in [1.82, 2.24) is 4.98 Å². The van der Waals surface area contributed by atoms with Crippen molar-refractivity contribution in [3.05, 3.63) is 72.8 Å². The van der Waals surface area contributed by atoms with Crippen molar-refractivity contribution in [2.75, 3.05) is 10.6 Å². The second kappa shape index (κ2) is 8.74. The number of hydrogen-bond acceptors (Lipinski definition) is 3. The van der Waals surface area contributed by atoms with E-state index in [0.717, 1.165) is 58.1 Å². The van der Waals surface area contributed by atoms with Crippen molar-refractivity contribution in [2.45, 2.75) is 32.6 Å². The van der Waals surface area contributed by atoms with E-state index in [4.69, 9.17) is 4.98 Å². The van der Waals surface area contributed by atoms with Gasteiger partial charge in [-0.3, -0.25) is 4.79 Å². The smallest absolute Gasteiger partial charge is 0.224 e. The molecule has 0 saturated carbocycles. The maximum atomic E-state index is 12.0. The summed E-state index contributed by atoms with van der Waals surface area (Å²) in [6, 6.07) is 24.2. The van der Waals surface area contributed by atoms with Crippen molar-refractivity contribution in [3.8, 4) is 0 Å². The molecule has 4 rings (SSSR count). The number of carbonyl (C=O) groups excluding carboxylic acids is 1. The number of amides is 1. The zero-order valence-corrected chi connectivity index (χ0v) is 16.6. The molecule has 0 atom stereocenters.